The topological polar surface area (TPSA) is 77.2 Å². The largest absolute Gasteiger partial charge is 0.497 e. The minimum atomic E-state index is 0.624. The molecule has 102 valence electrons. The van der Waals surface area contributed by atoms with E-state index in [9.17, 15) is 0 Å². The number of anilines is 1. The fourth-order valence-corrected chi connectivity index (χ4v) is 1.92. The minimum absolute atomic E-state index is 0.624. The Morgan fingerprint density at radius 3 is 2.85 bits per heavy atom. The van der Waals surface area contributed by atoms with Crippen LogP contribution in [0.2, 0.25) is 0 Å². The number of rotatable bonds is 5. The molecule has 0 aliphatic heterocycles. The number of nitrogens with one attached hydrogen (secondary N) is 1. The molecule has 7 nitrogen and oxygen atoms in total. The SMILES string of the molecule is COc1ccc(CCNc2cncc3nnnn23)cc1. The zero-order valence-electron chi connectivity index (χ0n) is 11.0. The van der Waals surface area contributed by atoms with E-state index in [2.05, 4.69) is 38.0 Å². The predicted octanol–water partition coefficient (Wildman–Crippen LogP) is 1.18. The van der Waals surface area contributed by atoms with Crippen molar-refractivity contribution >= 4 is 11.5 Å². The lowest BCUT2D eigenvalue weighted by Crippen LogP contribution is -2.09. The van der Waals surface area contributed by atoms with Crippen LogP contribution in [-0.4, -0.2) is 38.7 Å². The number of hydrogen-bond acceptors (Lipinski definition) is 6. The molecule has 3 aromatic rings. The van der Waals surface area contributed by atoms with Gasteiger partial charge in [-0.2, -0.15) is 4.52 Å². The van der Waals surface area contributed by atoms with Gasteiger partial charge in [0, 0.05) is 6.54 Å². The van der Waals surface area contributed by atoms with Crippen LogP contribution in [0.4, 0.5) is 5.82 Å². The lowest BCUT2D eigenvalue weighted by molar-refractivity contribution is 0.414. The number of benzene rings is 1. The third kappa shape index (κ3) is 2.51. The van der Waals surface area contributed by atoms with Crippen molar-refractivity contribution in [1.82, 2.24) is 25.0 Å². The third-order valence-corrected chi connectivity index (χ3v) is 2.99. The van der Waals surface area contributed by atoms with Crippen molar-refractivity contribution in [3.63, 3.8) is 0 Å². The number of fused-ring (bicyclic) bond motifs is 1. The van der Waals surface area contributed by atoms with Gasteiger partial charge in [0.25, 0.3) is 0 Å². The second kappa shape index (κ2) is 5.52. The van der Waals surface area contributed by atoms with Gasteiger partial charge in [-0.3, -0.25) is 4.98 Å². The van der Waals surface area contributed by atoms with Gasteiger partial charge in [0.15, 0.2) is 5.65 Å². The predicted molar refractivity (Wildman–Crippen MR) is 73.8 cm³/mol. The van der Waals surface area contributed by atoms with E-state index in [4.69, 9.17) is 4.74 Å². The molecule has 0 spiro atoms. The van der Waals surface area contributed by atoms with Gasteiger partial charge in [-0.15, -0.1) is 5.10 Å². The number of hydrogen-bond donors (Lipinski definition) is 1. The molecule has 0 unspecified atom stereocenters. The summed E-state index contributed by atoms with van der Waals surface area (Å²) in [6, 6.07) is 8.02. The van der Waals surface area contributed by atoms with Crippen LogP contribution in [-0.2, 0) is 6.42 Å². The highest BCUT2D eigenvalue weighted by Crippen LogP contribution is 2.12. The molecule has 1 aromatic carbocycles. The molecule has 7 heteroatoms. The molecule has 2 heterocycles. The maximum Gasteiger partial charge on any atom is 0.199 e. The monoisotopic (exact) mass is 270 g/mol. The van der Waals surface area contributed by atoms with Crippen LogP contribution < -0.4 is 10.1 Å². The average Bonchev–Trinajstić information content (AvgIpc) is 2.97. The summed E-state index contributed by atoms with van der Waals surface area (Å²) in [5.74, 6) is 1.64. The van der Waals surface area contributed by atoms with Gasteiger partial charge in [-0.1, -0.05) is 12.1 Å². The van der Waals surface area contributed by atoms with Gasteiger partial charge in [-0.25, -0.2) is 0 Å². The summed E-state index contributed by atoms with van der Waals surface area (Å²) >= 11 is 0. The number of nitrogens with zero attached hydrogens (tertiary/aromatic N) is 5. The van der Waals surface area contributed by atoms with Crippen LogP contribution >= 0.6 is 0 Å². The summed E-state index contributed by atoms with van der Waals surface area (Å²) in [5, 5.41) is 14.6. The molecule has 1 N–H and O–H groups in total. The van der Waals surface area contributed by atoms with E-state index in [0.717, 1.165) is 24.5 Å². The first-order valence-electron chi connectivity index (χ1n) is 6.26. The van der Waals surface area contributed by atoms with Gasteiger partial charge < -0.3 is 10.1 Å². The molecule has 0 atom stereocenters. The second-order valence-corrected chi connectivity index (χ2v) is 4.27. The van der Waals surface area contributed by atoms with Crippen LogP contribution in [0.3, 0.4) is 0 Å². The van der Waals surface area contributed by atoms with Crippen LogP contribution in [0.1, 0.15) is 5.56 Å². The zero-order chi connectivity index (χ0) is 13.8. The number of ether oxygens (including phenoxy) is 1. The summed E-state index contributed by atoms with van der Waals surface area (Å²) in [7, 11) is 1.66. The smallest absolute Gasteiger partial charge is 0.199 e. The summed E-state index contributed by atoms with van der Waals surface area (Å²) in [6.45, 7) is 0.771. The zero-order valence-corrected chi connectivity index (χ0v) is 11.0. The van der Waals surface area contributed by atoms with Gasteiger partial charge in [0.1, 0.15) is 11.6 Å². The van der Waals surface area contributed by atoms with E-state index in [1.807, 2.05) is 12.1 Å². The highest BCUT2D eigenvalue weighted by Gasteiger charge is 2.03. The van der Waals surface area contributed by atoms with Crippen molar-refractivity contribution < 1.29 is 4.74 Å². The molecule has 0 radical (unpaired) electrons. The molecule has 0 fully saturated rings. The van der Waals surface area contributed by atoms with Crippen molar-refractivity contribution in [2.24, 2.45) is 0 Å². The number of methoxy groups -OCH3 is 1. The Morgan fingerprint density at radius 2 is 2.05 bits per heavy atom. The molecule has 0 bridgehead atoms. The van der Waals surface area contributed by atoms with Crippen LogP contribution in [0.25, 0.3) is 5.65 Å². The molecule has 2 aromatic heterocycles. The molecule has 0 saturated heterocycles. The maximum atomic E-state index is 5.13. The molecule has 0 aliphatic rings. The van der Waals surface area contributed by atoms with E-state index >= 15 is 0 Å². The Bertz CT molecular complexity index is 693. The maximum absolute atomic E-state index is 5.13. The van der Waals surface area contributed by atoms with E-state index in [1.165, 1.54) is 5.56 Å². The Balaban J connectivity index is 1.63. The van der Waals surface area contributed by atoms with E-state index < -0.39 is 0 Å². The van der Waals surface area contributed by atoms with E-state index in [-0.39, 0.29) is 0 Å². The van der Waals surface area contributed by atoms with E-state index in [0.29, 0.717) is 5.65 Å². The quantitative estimate of drug-likeness (QED) is 0.750. The fraction of sp³-hybridized carbons (Fsp3) is 0.231. The highest BCUT2D eigenvalue weighted by molar-refractivity contribution is 5.43. The first-order chi connectivity index (χ1) is 9.86. The summed E-state index contributed by atoms with van der Waals surface area (Å²) in [4.78, 5) is 4.09. The van der Waals surface area contributed by atoms with Gasteiger partial charge >= 0.3 is 0 Å². The Hall–Kier alpha value is -2.70. The van der Waals surface area contributed by atoms with Crippen molar-refractivity contribution in [3.05, 3.63) is 42.2 Å². The minimum Gasteiger partial charge on any atom is -0.497 e. The highest BCUT2D eigenvalue weighted by atomic mass is 16.5. The lowest BCUT2D eigenvalue weighted by Gasteiger charge is -2.07. The molecular formula is C13H14N6O. The number of aromatic nitrogens is 5. The summed E-state index contributed by atoms with van der Waals surface area (Å²) in [5.41, 5.74) is 1.86. The van der Waals surface area contributed by atoms with Crippen molar-refractivity contribution in [2.75, 3.05) is 19.0 Å². The Labute approximate surface area is 115 Å². The first-order valence-corrected chi connectivity index (χ1v) is 6.26. The van der Waals surface area contributed by atoms with Crippen LogP contribution in [0, 0.1) is 0 Å². The molecule has 0 amide bonds. The van der Waals surface area contributed by atoms with Gasteiger partial charge in [-0.05, 0) is 34.5 Å². The van der Waals surface area contributed by atoms with E-state index in [1.54, 1.807) is 24.0 Å². The third-order valence-electron chi connectivity index (χ3n) is 2.99. The Kier molecular flexibility index (Phi) is 3.40. The first kappa shape index (κ1) is 12.3. The Morgan fingerprint density at radius 1 is 1.20 bits per heavy atom. The lowest BCUT2D eigenvalue weighted by atomic mass is 10.1. The molecule has 0 saturated carbocycles. The summed E-state index contributed by atoms with van der Waals surface area (Å²) in [6.07, 6.45) is 4.22. The molecule has 3 rings (SSSR count). The van der Waals surface area contributed by atoms with Crippen molar-refractivity contribution in [1.29, 1.82) is 0 Å². The van der Waals surface area contributed by atoms with Gasteiger partial charge in [0.2, 0.25) is 0 Å². The van der Waals surface area contributed by atoms with Crippen molar-refractivity contribution in [2.45, 2.75) is 6.42 Å². The second-order valence-electron chi connectivity index (χ2n) is 4.27. The van der Waals surface area contributed by atoms with Crippen LogP contribution in [0.5, 0.6) is 5.75 Å². The molecule has 20 heavy (non-hydrogen) atoms. The average molecular weight is 270 g/mol. The van der Waals surface area contributed by atoms with Crippen LogP contribution in [0.15, 0.2) is 36.7 Å². The fourth-order valence-electron chi connectivity index (χ4n) is 1.92. The molecular weight excluding hydrogens is 256 g/mol. The van der Waals surface area contributed by atoms with Crippen molar-refractivity contribution in [3.8, 4) is 5.75 Å². The standard InChI is InChI=1S/C13H14N6O/c1-20-11-4-2-10(3-5-11)6-7-15-12-8-14-9-13-16-17-18-19(12)13/h2-5,8-9,15H,6-7H2,1H3. The van der Waals surface area contributed by atoms with Gasteiger partial charge in [0.05, 0.1) is 19.5 Å². The normalized spacial score (nSPS) is 10.7. The number of tetrazole rings is 1. The summed E-state index contributed by atoms with van der Waals surface area (Å²) < 4.78 is 6.76. The molecule has 0 aliphatic carbocycles.